The summed E-state index contributed by atoms with van der Waals surface area (Å²) in [6.45, 7) is 2.01. The highest BCUT2D eigenvalue weighted by Gasteiger charge is 2.21. The summed E-state index contributed by atoms with van der Waals surface area (Å²) in [6.07, 6.45) is 8.10. The Labute approximate surface area is 85.0 Å². The summed E-state index contributed by atoms with van der Waals surface area (Å²) in [4.78, 5) is 4.10. The minimum absolute atomic E-state index is 0.312. The van der Waals surface area contributed by atoms with Gasteiger partial charge in [0, 0.05) is 12.4 Å². The van der Waals surface area contributed by atoms with E-state index in [1.807, 2.05) is 19.2 Å². The normalized spacial score (nSPS) is 19.0. The van der Waals surface area contributed by atoms with Crippen LogP contribution < -0.4 is 0 Å². The molecular weight excluding hydrogens is 174 g/mol. The Bertz CT molecular complexity index is 307. The zero-order valence-corrected chi connectivity index (χ0v) is 8.61. The summed E-state index contributed by atoms with van der Waals surface area (Å²) in [5.41, 5.74) is 2.09. The van der Waals surface area contributed by atoms with Crippen molar-refractivity contribution in [1.82, 2.24) is 4.98 Å². The predicted octanol–water partition coefficient (Wildman–Crippen LogP) is 2.61. The van der Waals surface area contributed by atoms with Gasteiger partial charge in [0.15, 0.2) is 0 Å². The average molecular weight is 191 g/mol. The first kappa shape index (κ1) is 9.66. The first-order valence-corrected chi connectivity index (χ1v) is 5.35. The second-order valence-electron chi connectivity index (χ2n) is 4.34. The Kier molecular flexibility index (Phi) is 2.82. The van der Waals surface area contributed by atoms with Gasteiger partial charge in [-0.05, 0) is 30.4 Å². The zero-order chi connectivity index (χ0) is 9.97. The summed E-state index contributed by atoms with van der Waals surface area (Å²) in [7, 11) is 0. The third-order valence-corrected chi connectivity index (χ3v) is 3.06. The molecule has 0 bridgehead atoms. The van der Waals surface area contributed by atoms with Crippen LogP contribution in [-0.2, 0) is 0 Å². The van der Waals surface area contributed by atoms with Crippen molar-refractivity contribution in [1.29, 1.82) is 0 Å². The molecule has 2 rings (SSSR count). The SMILES string of the molecule is Cc1cncc(C(O)CC2CCC2)c1. The lowest BCUT2D eigenvalue weighted by Crippen LogP contribution is -2.15. The maximum atomic E-state index is 9.94. The second kappa shape index (κ2) is 4.09. The molecular formula is C12H17NO. The van der Waals surface area contributed by atoms with Gasteiger partial charge in [-0.1, -0.05) is 25.3 Å². The summed E-state index contributed by atoms with van der Waals surface area (Å²) < 4.78 is 0. The molecule has 1 N–H and O–H groups in total. The fourth-order valence-electron chi connectivity index (χ4n) is 1.94. The van der Waals surface area contributed by atoms with Crippen LogP contribution in [0.2, 0.25) is 0 Å². The molecule has 0 spiro atoms. The second-order valence-corrected chi connectivity index (χ2v) is 4.34. The van der Waals surface area contributed by atoms with Crippen molar-refractivity contribution in [3.05, 3.63) is 29.6 Å². The lowest BCUT2D eigenvalue weighted by molar-refractivity contribution is 0.118. The molecule has 0 aromatic carbocycles. The van der Waals surface area contributed by atoms with Crippen molar-refractivity contribution in [2.24, 2.45) is 5.92 Å². The number of aryl methyl sites for hydroxylation is 1. The highest BCUT2D eigenvalue weighted by molar-refractivity contribution is 5.18. The maximum absolute atomic E-state index is 9.94. The molecule has 2 nitrogen and oxygen atoms in total. The molecule has 1 fully saturated rings. The molecule has 1 aromatic rings. The van der Waals surface area contributed by atoms with Gasteiger partial charge in [-0.25, -0.2) is 0 Å². The maximum Gasteiger partial charge on any atom is 0.0807 e. The molecule has 1 atom stereocenters. The molecule has 76 valence electrons. The minimum atomic E-state index is -0.312. The van der Waals surface area contributed by atoms with E-state index in [0.717, 1.165) is 23.5 Å². The first-order valence-electron chi connectivity index (χ1n) is 5.35. The fraction of sp³-hybridized carbons (Fsp3) is 0.583. The third kappa shape index (κ3) is 2.13. The number of pyridine rings is 1. The smallest absolute Gasteiger partial charge is 0.0807 e. The lowest BCUT2D eigenvalue weighted by atomic mass is 9.80. The molecule has 2 heteroatoms. The van der Waals surface area contributed by atoms with Crippen LogP contribution >= 0.6 is 0 Å². The molecule has 0 saturated heterocycles. The van der Waals surface area contributed by atoms with Gasteiger partial charge in [-0.3, -0.25) is 4.98 Å². The zero-order valence-electron chi connectivity index (χ0n) is 8.61. The van der Waals surface area contributed by atoms with Crippen LogP contribution in [0.25, 0.3) is 0 Å². The van der Waals surface area contributed by atoms with Crippen LogP contribution in [0.3, 0.4) is 0 Å². The Hall–Kier alpha value is -0.890. The largest absolute Gasteiger partial charge is 0.388 e. The highest BCUT2D eigenvalue weighted by atomic mass is 16.3. The number of rotatable bonds is 3. The van der Waals surface area contributed by atoms with E-state index in [2.05, 4.69) is 4.98 Å². The van der Waals surface area contributed by atoms with Gasteiger partial charge in [0.25, 0.3) is 0 Å². The molecule has 1 aliphatic carbocycles. The lowest BCUT2D eigenvalue weighted by Gasteiger charge is -2.27. The van der Waals surface area contributed by atoms with Gasteiger partial charge in [0.1, 0.15) is 0 Å². The predicted molar refractivity (Wildman–Crippen MR) is 55.9 cm³/mol. The van der Waals surface area contributed by atoms with Gasteiger partial charge in [0.05, 0.1) is 6.10 Å². The molecule has 0 amide bonds. The van der Waals surface area contributed by atoms with Crippen LogP contribution in [0.4, 0.5) is 0 Å². The van der Waals surface area contributed by atoms with E-state index in [-0.39, 0.29) is 6.10 Å². The summed E-state index contributed by atoms with van der Waals surface area (Å²) in [6, 6.07) is 2.02. The number of aliphatic hydroxyl groups excluding tert-OH is 1. The van der Waals surface area contributed by atoms with Crippen LogP contribution in [-0.4, -0.2) is 10.1 Å². The number of hydrogen-bond donors (Lipinski definition) is 1. The molecule has 1 aliphatic rings. The first-order chi connectivity index (χ1) is 6.75. The van der Waals surface area contributed by atoms with E-state index in [9.17, 15) is 5.11 Å². The fourth-order valence-corrected chi connectivity index (χ4v) is 1.94. The van der Waals surface area contributed by atoms with Gasteiger partial charge >= 0.3 is 0 Å². The van der Waals surface area contributed by atoms with Crippen molar-refractivity contribution in [2.75, 3.05) is 0 Å². The Morgan fingerprint density at radius 3 is 2.86 bits per heavy atom. The van der Waals surface area contributed by atoms with E-state index in [1.165, 1.54) is 19.3 Å². The van der Waals surface area contributed by atoms with Crippen molar-refractivity contribution < 1.29 is 5.11 Å². The number of hydrogen-bond acceptors (Lipinski definition) is 2. The van der Waals surface area contributed by atoms with Crippen LogP contribution in [0.5, 0.6) is 0 Å². The standard InChI is InChI=1S/C12H17NO/c1-9-5-11(8-13-7-9)12(14)6-10-3-2-4-10/h5,7-8,10,12,14H,2-4,6H2,1H3. The topological polar surface area (TPSA) is 33.1 Å². The highest BCUT2D eigenvalue weighted by Crippen LogP contribution is 2.34. The van der Waals surface area contributed by atoms with Crippen molar-refractivity contribution in [3.8, 4) is 0 Å². The van der Waals surface area contributed by atoms with E-state index in [1.54, 1.807) is 6.20 Å². The number of aromatic nitrogens is 1. The molecule has 14 heavy (non-hydrogen) atoms. The van der Waals surface area contributed by atoms with E-state index >= 15 is 0 Å². The summed E-state index contributed by atoms with van der Waals surface area (Å²) in [5.74, 6) is 0.741. The Morgan fingerprint density at radius 1 is 1.50 bits per heavy atom. The number of aliphatic hydroxyl groups is 1. The molecule has 1 heterocycles. The molecule has 1 unspecified atom stereocenters. The third-order valence-electron chi connectivity index (χ3n) is 3.06. The Balaban J connectivity index is 1.98. The minimum Gasteiger partial charge on any atom is -0.388 e. The Morgan fingerprint density at radius 2 is 2.29 bits per heavy atom. The van der Waals surface area contributed by atoms with Crippen molar-refractivity contribution in [2.45, 2.75) is 38.7 Å². The van der Waals surface area contributed by atoms with Gasteiger partial charge in [-0.15, -0.1) is 0 Å². The van der Waals surface area contributed by atoms with E-state index < -0.39 is 0 Å². The van der Waals surface area contributed by atoms with Crippen molar-refractivity contribution in [3.63, 3.8) is 0 Å². The molecule has 0 radical (unpaired) electrons. The van der Waals surface area contributed by atoms with Crippen molar-refractivity contribution >= 4 is 0 Å². The molecule has 1 aromatic heterocycles. The summed E-state index contributed by atoms with van der Waals surface area (Å²) >= 11 is 0. The van der Waals surface area contributed by atoms with Crippen LogP contribution in [0, 0.1) is 12.8 Å². The quantitative estimate of drug-likeness (QED) is 0.796. The van der Waals surface area contributed by atoms with Gasteiger partial charge in [0.2, 0.25) is 0 Å². The van der Waals surface area contributed by atoms with E-state index in [0.29, 0.717) is 0 Å². The number of nitrogens with zero attached hydrogens (tertiary/aromatic N) is 1. The molecule has 0 aliphatic heterocycles. The average Bonchev–Trinajstić information content (AvgIpc) is 2.11. The van der Waals surface area contributed by atoms with Gasteiger partial charge in [-0.2, -0.15) is 0 Å². The van der Waals surface area contributed by atoms with Crippen LogP contribution in [0.1, 0.15) is 42.9 Å². The van der Waals surface area contributed by atoms with Gasteiger partial charge < -0.3 is 5.11 Å². The van der Waals surface area contributed by atoms with E-state index in [4.69, 9.17) is 0 Å². The summed E-state index contributed by atoms with van der Waals surface area (Å²) in [5, 5.41) is 9.94. The molecule has 1 saturated carbocycles. The van der Waals surface area contributed by atoms with Crippen LogP contribution in [0.15, 0.2) is 18.5 Å². The monoisotopic (exact) mass is 191 g/mol.